The Morgan fingerprint density at radius 3 is 1.78 bits per heavy atom. The third-order valence-corrected chi connectivity index (χ3v) is 1.43. The molecule has 0 heterocycles. The summed E-state index contributed by atoms with van der Waals surface area (Å²) in [6.45, 7) is 0.928. The molecule has 0 fully saturated rings. The van der Waals surface area contributed by atoms with E-state index >= 15 is 0 Å². The second-order valence-corrected chi connectivity index (χ2v) is 2.75. The SMILES string of the molecule is CC(O)C(F)(F)C(Cl)Cl. The summed E-state index contributed by atoms with van der Waals surface area (Å²) in [7, 11) is 0. The Kier molecular flexibility index (Phi) is 3.12. The number of alkyl halides is 4. The van der Waals surface area contributed by atoms with Crippen molar-refractivity contribution < 1.29 is 13.9 Å². The average molecular weight is 179 g/mol. The van der Waals surface area contributed by atoms with E-state index in [0.717, 1.165) is 6.92 Å². The van der Waals surface area contributed by atoms with Crippen molar-refractivity contribution in [1.29, 1.82) is 0 Å². The van der Waals surface area contributed by atoms with Crippen LogP contribution in [-0.4, -0.2) is 22.0 Å². The summed E-state index contributed by atoms with van der Waals surface area (Å²) in [5.74, 6) is -3.41. The van der Waals surface area contributed by atoms with E-state index in [4.69, 9.17) is 28.3 Å². The maximum absolute atomic E-state index is 12.2. The summed E-state index contributed by atoms with van der Waals surface area (Å²) in [6, 6.07) is 0. The fourth-order valence-corrected chi connectivity index (χ4v) is 0.547. The molecule has 1 unspecified atom stereocenters. The highest BCUT2D eigenvalue weighted by atomic mass is 35.5. The topological polar surface area (TPSA) is 20.2 Å². The number of aliphatic hydroxyl groups is 1. The third kappa shape index (κ3) is 2.24. The fraction of sp³-hybridized carbons (Fsp3) is 1.00. The van der Waals surface area contributed by atoms with Crippen molar-refractivity contribution in [2.75, 3.05) is 0 Å². The molecule has 56 valence electrons. The summed E-state index contributed by atoms with van der Waals surface area (Å²) >= 11 is 9.64. The van der Waals surface area contributed by atoms with Crippen LogP contribution in [0.25, 0.3) is 0 Å². The van der Waals surface area contributed by atoms with E-state index in [1.165, 1.54) is 0 Å². The van der Waals surface area contributed by atoms with E-state index in [1.807, 2.05) is 0 Å². The molecule has 0 aliphatic heterocycles. The molecule has 5 heteroatoms. The van der Waals surface area contributed by atoms with E-state index in [0.29, 0.717) is 0 Å². The van der Waals surface area contributed by atoms with Crippen LogP contribution in [0.4, 0.5) is 8.78 Å². The van der Waals surface area contributed by atoms with E-state index in [-0.39, 0.29) is 0 Å². The molecule has 0 amide bonds. The van der Waals surface area contributed by atoms with Crippen molar-refractivity contribution in [3.63, 3.8) is 0 Å². The molecule has 1 N–H and O–H groups in total. The summed E-state index contributed by atoms with van der Waals surface area (Å²) < 4.78 is 24.3. The van der Waals surface area contributed by atoms with Crippen molar-refractivity contribution >= 4 is 23.2 Å². The number of hydrogen-bond acceptors (Lipinski definition) is 1. The van der Waals surface area contributed by atoms with Crippen LogP contribution in [0.15, 0.2) is 0 Å². The maximum Gasteiger partial charge on any atom is 0.302 e. The first kappa shape index (κ1) is 9.40. The van der Waals surface area contributed by atoms with Gasteiger partial charge in [0.15, 0.2) is 4.84 Å². The lowest BCUT2D eigenvalue weighted by molar-refractivity contribution is -0.0881. The summed E-state index contributed by atoms with van der Waals surface area (Å²) in [4.78, 5) is -1.85. The van der Waals surface area contributed by atoms with Crippen molar-refractivity contribution in [2.45, 2.75) is 23.8 Å². The van der Waals surface area contributed by atoms with Crippen LogP contribution in [-0.2, 0) is 0 Å². The predicted molar refractivity (Wildman–Crippen MR) is 32.1 cm³/mol. The summed E-state index contributed by atoms with van der Waals surface area (Å²) in [5.41, 5.74) is 0. The minimum absolute atomic E-state index is 0.928. The van der Waals surface area contributed by atoms with Crippen LogP contribution >= 0.6 is 23.2 Å². The largest absolute Gasteiger partial charge is 0.387 e. The van der Waals surface area contributed by atoms with Crippen molar-refractivity contribution in [3.8, 4) is 0 Å². The highest BCUT2D eigenvalue weighted by Crippen LogP contribution is 2.29. The van der Waals surface area contributed by atoms with Gasteiger partial charge in [0, 0.05) is 0 Å². The van der Waals surface area contributed by atoms with Gasteiger partial charge in [-0.2, -0.15) is 0 Å². The summed E-state index contributed by atoms with van der Waals surface area (Å²) in [6.07, 6.45) is -1.81. The fourth-order valence-electron chi connectivity index (χ4n) is 0.182. The highest BCUT2D eigenvalue weighted by Gasteiger charge is 2.42. The molecular formula is C4H6Cl2F2O. The van der Waals surface area contributed by atoms with Crippen molar-refractivity contribution in [2.24, 2.45) is 0 Å². The number of rotatable bonds is 2. The Bertz CT molecular complexity index is 84.6. The molecule has 0 spiro atoms. The predicted octanol–water partition coefficient (Wildman–Crippen LogP) is 1.81. The monoisotopic (exact) mass is 178 g/mol. The van der Waals surface area contributed by atoms with Crippen LogP contribution in [0.5, 0.6) is 0 Å². The van der Waals surface area contributed by atoms with E-state index < -0.39 is 16.9 Å². The van der Waals surface area contributed by atoms with Gasteiger partial charge in [-0.15, -0.1) is 0 Å². The third-order valence-electron chi connectivity index (χ3n) is 0.848. The maximum atomic E-state index is 12.2. The highest BCUT2D eigenvalue weighted by molar-refractivity contribution is 6.45. The number of hydrogen-bond donors (Lipinski definition) is 1. The molecule has 1 nitrogen and oxygen atoms in total. The first-order chi connectivity index (χ1) is 3.89. The number of halogens is 4. The molecule has 0 aliphatic carbocycles. The van der Waals surface area contributed by atoms with Crippen LogP contribution in [0.1, 0.15) is 6.92 Å². The van der Waals surface area contributed by atoms with Gasteiger partial charge in [-0.3, -0.25) is 0 Å². The second kappa shape index (κ2) is 2.99. The molecule has 9 heavy (non-hydrogen) atoms. The molecule has 0 rings (SSSR count). The van der Waals surface area contributed by atoms with E-state index in [9.17, 15) is 8.78 Å². The van der Waals surface area contributed by atoms with Gasteiger partial charge < -0.3 is 5.11 Å². The van der Waals surface area contributed by atoms with Crippen LogP contribution in [0.2, 0.25) is 0 Å². The first-order valence-corrected chi connectivity index (χ1v) is 3.10. The smallest absolute Gasteiger partial charge is 0.302 e. The first-order valence-electron chi connectivity index (χ1n) is 2.23. The molecule has 0 aromatic rings. The van der Waals surface area contributed by atoms with Gasteiger partial charge in [0.25, 0.3) is 0 Å². The van der Waals surface area contributed by atoms with Gasteiger partial charge >= 0.3 is 5.92 Å². The van der Waals surface area contributed by atoms with Crippen LogP contribution in [0, 0.1) is 0 Å². The number of aliphatic hydroxyl groups excluding tert-OH is 1. The Morgan fingerprint density at radius 1 is 1.44 bits per heavy atom. The quantitative estimate of drug-likeness (QED) is 0.640. The minimum Gasteiger partial charge on any atom is -0.387 e. The van der Waals surface area contributed by atoms with Crippen molar-refractivity contribution in [1.82, 2.24) is 0 Å². The van der Waals surface area contributed by atoms with Crippen LogP contribution in [0.3, 0.4) is 0 Å². The van der Waals surface area contributed by atoms with Gasteiger partial charge in [0.05, 0.1) is 0 Å². The Hall–Kier alpha value is 0.400. The molecule has 0 bridgehead atoms. The van der Waals surface area contributed by atoms with Gasteiger partial charge in [0.1, 0.15) is 6.10 Å². The van der Waals surface area contributed by atoms with Gasteiger partial charge in [-0.1, -0.05) is 23.2 Å². The molecule has 1 atom stereocenters. The van der Waals surface area contributed by atoms with Gasteiger partial charge in [0.2, 0.25) is 0 Å². The summed E-state index contributed by atoms with van der Waals surface area (Å²) in [5, 5.41) is 8.33. The van der Waals surface area contributed by atoms with E-state index in [2.05, 4.69) is 0 Å². The van der Waals surface area contributed by atoms with Crippen molar-refractivity contribution in [3.05, 3.63) is 0 Å². The van der Waals surface area contributed by atoms with E-state index in [1.54, 1.807) is 0 Å². The molecule has 0 aliphatic rings. The molecule has 0 saturated heterocycles. The Balaban J connectivity index is 4.01. The molecule has 0 saturated carbocycles. The normalized spacial score (nSPS) is 16.3. The second-order valence-electron chi connectivity index (χ2n) is 1.65. The standard InChI is InChI=1S/C4H6Cl2F2O/c1-2(9)4(7,8)3(5)6/h2-3,9H,1H3. The lowest BCUT2D eigenvalue weighted by Gasteiger charge is -2.19. The lowest BCUT2D eigenvalue weighted by atomic mass is 10.2. The van der Waals surface area contributed by atoms with Crippen LogP contribution < -0.4 is 0 Å². The molecule has 0 aromatic heterocycles. The lowest BCUT2D eigenvalue weighted by Crippen LogP contribution is -2.37. The molecular weight excluding hydrogens is 173 g/mol. The van der Waals surface area contributed by atoms with Gasteiger partial charge in [-0.05, 0) is 6.92 Å². The Morgan fingerprint density at radius 2 is 1.78 bits per heavy atom. The zero-order valence-corrected chi connectivity index (χ0v) is 6.13. The Labute approximate surface area is 61.6 Å². The average Bonchev–Trinajstić information content (AvgIpc) is 1.65. The minimum atomic E-state index is -3.41. The zero-order valence-electron chi connectivity index (χ0n) is 4.61. The molecule has 0 radical (unpaired) electrons. The van der Waals surface area contributed by atoms with Gasteiger partial charge in [-0.25, -0.2) is 8.78 Å². The zero-order chi connectivity index (χ0) is 7.65. The molecule has 0 aromatic carbocycles.